The predicted octanol–water partition coefficient (Wildman–Crippen LogP) is 3.61. The summed E-state index contributed by atoms with van der Waals surface area (Å²) in [6.07, 6.45) is -0.343. The van der Waals surface area contributed by atoms with Gasteiger partial charge in [0.1, 0.15) is 0 Å². The molecular weight excluding hydrogens is 341 g/mol. The van der Waals surface area contributed by atoms with Crippen LogP contribution in [0, 0.1) is 6.92 Å². The molecule has 2 rings (SSSR count). The maximum absolute atomic E-state index is 12.3. The fourth-order valence-electron chi connectivity index (χ4n) is 2.23. The number of urea groups is 1. The molecule has 126 valence electrons. The van der Waals surface area contributed by atoms with Crippen molar-refractivity contribution in [2.75, 3.05) is 38.1 Å². The van der Waals surface area contributed by atoms with Crippen LogP contribution >= 0.6 is 23.2 Å². The van der Waals surface area contributed by atoms with E-state index < -0.39 is 0 Å². The minimum atomic E-state index is -0.343. The SMILES string of the molecule is CCOC(=O)N1CCN(C(=O)Nc2cc(Cl)c(C)c(Cl)c2)CC1. The Kier molecular flexibility index (Phi) is 5.96. The van der Waals surface area contributed by atoms with Gasteiger partial charge in [-0.3, -0.25) is 0 Å². The molecule has 0 radical (unpaired) electrons. The number of benzene rings is 1. The van der Waals surface area contributed by atoms with Crippen molar-refractivity contribution in [3.63, 3.8) is 0 Å². The highest BCUT2D eigenvalue weighted by Crippen LogP contribution is 2.28. The third-order valence-electron chi connectivity index (χ3n) is 3.63. The number of nitrogens with one attached hydrogen (secondary N) is 1. The van der Waals surface area contributed by atoms with E-state index in [9.17, 15) is 9.59 Å². The van der Waals surface area contributed by atoms with Crippen LogP contribution in [0.25, 0.3) is 0 Å². The van der Waals surface area contributed by atoms with E-state index in [0.29, 0.717) is 48.5 Å². The molecule has 1 aliphatic heterocycles. The van der Waals surface area contributed by atoms with E-state index in [1.54, 1.807) is 28.9 Å². The molecule has 1 aromatic rings. The van der Waals surface area contributed by atoms with Gasteiger partial charge in [-0.05, 0) is 31.5 Å². The second-order valence-corrected chi connectivity index (χ2v) is 5.98. The Morgan fingerprint density at radius 2 is 1.65 bits per heavy atom. The van der Waals surface area contributed by atoms with Crippen LogP contribution in [0.15, 0.2) is 12.1 Å². The maximum atomic E-state index is 12.3. The number of hydrogen-bond acceptors (Lipinski definition) is 3. The van der Waals surface area contributed by atoms with Gasteiger partial charge in [0.2, 0.25) is 0 Å². The lowest BCUT2D eigenvalue weighted by Gasteiger charge is -2.34. The van der Waals surface area contributed by atoms with Crippen molar-refractivity contribution >= 4 is 41.0 Å². The quantitative estimate of drug-likeness (QED) is 0.877. The van der Waals surface area contributed by atoms with E-state index in [4.69, 9.17) is 27.9 Å². The van der Waals surface area contributed by atoms with E-state index in [2.05, 4.69) is 5.32 Å². The third-order valence-corrected chi connectivity index (χ3v) is 4.41. The first-order valence-corrected chi connectivity index (χ1v) is 8.11. The van der Waals surface area contributed by atoms with E-state index in [1.807, 2.05) is 6.92 Å². The van der Waals surface area contributed by atoms with Crippen LogP contribution in [0.5, 0.6) is 0 Å². The number of nitrogens with zero attached hydrogens (tertiary/aromatic N) is 2. The summed E-state index contributed by atoms with van der Waals surface area (Å²) < 4.78 is 4.95. The topological polar surface area (TPSA) is 61.9 Å². The number of carbonyl (C=O) groups is 2. The Bertz CT molecular complexity index is 579. The van der Waals surface area contributed by atoms with Crippen molar-refractivity contribution in [3.05, 3.63) is 27.7 Å². The number of rotatable bonds is 2. The van der Waals surface area contributed by atoms with Gasteiger partial charge >= 0.3 is 12.1 Å². The Hall–Kier alpha value is -1.66. The number of halogens is 2. The van der Waals surface area contributed by atoms with Crippen LogP contribution in [0.4, 0.5) is 15.3 Å². The lowest BCUT2D eigenvalue weighted by Crippen LogP contribution is -2.51. The summed E-state index contributed by atoms with van der Waals surface area (Å²) >= 11 is 12.1. The van der Waals surface area contributed by atoms with Gasteiger partial charge in [-0.15, -0.1) is 0 Å². The molecule has 1 N–H and O–H groups in total. The van der Waals surface area contributed by atoms with Gasteiger partial charge in [0.25, 0.3) is 0 Å². The zero-order valence-electron chi connectivity index (χ0n) is 13.1. The minimum absolute atomic E-state index is 0.246. The molecule has 0 bridgehead atoms. The fourth-order valence-corrected chi connectivity index (χ4v) is 2.71. The van der Waals surface area contributed by atoms with Gasteiger partial charge in [-0.25, -0.2) is 9.59 Å². The van der Waals surface area contributed by atoms with Gasteiger partial charge in [0.15, 0.2) is 0 Å². The van der Waals surface area contributed by atoms with Crippen molar-refractivity contribution in [1.82, 2.24) is 9.80 Å². The van der Waals surface area contributed by atoms with E-state index in [1.165, 1.54) is 0 Å². The van der Waals surface area contributed by atoms with Gasteiger partial charge in [0, 0.05) is 41.9 Å². The molecule has 6 nitrogen and oxygen atoms in total. The zero-order valence-corrected chi connectivity index (χ0v) is 14.6. The van der Waals surface area contributed by atoms with Crippen LogP contribution in [0.1, 0.15) is 12.5 Å². The predicted molar refractivity (Wildman–Crippen MR) is 90.4 cm³/mol. The molecule has 0 saturated carbocycles. The molecule has 1 fully saturated rings. The largest absolute Gasteiger partial charge is 0.450 e. The van der Waals surface area contributed by atoms with E-state index >= 15 is 0 Å². The lowest BCUT2D eigenvalue weighted by atomic mass is 10.2. The molecule has 8 heteroatoms. The zero-order chi connectivity index (χ0) is 17.0. The molecular formula is C15H19Cl2N3O3. The number of piperazine rings is 1. The first-order valence-electron chi connectivity index (χ1n) is 7.35. The Balaban J connectivity index is 1.92. The summed E-state index contributed by atoms with van der Waals surface area (Å²) in [5.74, 6) is 0. The molecule has 0 atom stereocenters. The Labute approximate surface area is 145 Å². The van der Waals surface area contributed by atoms with Gasteiger partial charge in [-0.2, -0.15) is 0 Å². The average Bonchev–Trinajstić information content (AvgIpc) is 2.53. The number of ether oxygens (including phenoxy) is 1. The van der Waals surface area contributed by atoms with Crippen LogP contribution in [-0.2, 0) is 4.74 Å². The second-order valence-electron chi connectivity index (χ2n) is 5.17. The van der Waals surface area contributed by atoms with Crippen molar-refractivity contribution in [1.29, 1.82) is 0 Å². The smallest absolute Gasteiger partial charge is 0.409 e. The number of hydrogen-bond donors (Lipinski definition) is 1. The second kappa shape index (κ2) is 7.75. The van der Waals surface area contributed by atoms with E-state index in [-0.39, 0.29) is 12.1 Å². The van der Waals surface area contributed by atoms with Crippen LogP contribution in [0.3, 0.4) is 0 Å². The maximum Gasteiger partial charge on any atom is 0.409 e. The summed E-state index contributed by atoms with van der Waals surface area (Å²) in [7, 11) is 0. The van der Waals surface area contributed by atoms with Gasteiger partial charge in [0.05, 0.1) is 6.61 Å². The van der Waals surface area contributed by atoms with Crippen molar-refractivity contribution in [2.45, 2.75) is 13.8 Å². The average molecular weight is 360 g/mol. The van der Waals surface area contributed by atoms with Crippen molar-refractivity contribution < 1.29 is 14.3 Å². The van der Waals surface area contributed by atoms with Crippen LogP contribution < -0.4 is 5.32 Å². The summed E-state index contributed by atoms with van der Waals surface area (Å²) in [5, 5.41) is 3.77. The molecule has 1 aliphatic rings. The minimum Gasteiger partial charge on any atom is -0.450 e. The monoisotopic (exact) mass is 359 g/mol. The van der Waals surface area contributed by atoms with E-state index in [0.717, 1.165) is 5.56 Å². The Morgan fingerprint density at radius 1 is 1.13 bits per heavy atom. The highest BCUT2D eigenvalue weighted by Gasteiger charge is 2.25. The molecule has 1 heterocycles. The van der Waals surface area contributed by atoms with Crippen molar-refractivity contribution in [2.24, 2.45) is 0 Å². The first kappa shape index (κ1) is 17.7. The number of amides is 3. The summed E-state index contributed by atoms with van der Waals surface area (Å²) in [4.78, 5) is 27.1. The van der Waals surface area contributed by atoms with Crippen LogP contribution in [0.2, 0.25) is 10.0 Å². The normalized spacial score (nSPS) is 14.6. The molecule has 0 spiro atoms. The molecule has 0 unspecified atom stereocenters. The molecule has 23 heavy (non-hydrogen) atoms. The summed E-state index contributed by atoms with van der Waals surface area (Å²) in [5.41, 5.74) is 1.32. The highest BCUT2D eigenvalue weighted by atomic mass is 35.5. The third kappa shape index (κ3) is 4.42. The number of carbonyl (C=O) groups excluding carboxylic acids is 2. The summed E-state index contributed by atoms with van der Waals surface area (Å²) in [6.45, 7) is 5.69. The van der Waals surface area contributed by atoms with Gasteiger partial charge in [-0.1, -0.05) is 23.2 Å². The number of anilines is 1. The Morgan fingerprint density at radius 3 is 2.17 bits per heavy atom. The fraction of sp³-hybridized carbons (Fsp3) is 0.467. The van der Waals surface area contributed by atoms with Crippen molar-refractivity contribution in [3.8, 4) is 0 Å². The summed E-state index contributed by atoms with van der Waals surface area (Å²) in [6, 6.07) is 3.08. The molecule has 3 amide bonds. The lowest BCUT2D eigenvalue weighted by molar-refractivity contribution is 0.0868. The molecule has 0 aromatic heterocycles. The van der Waals surface area contributed by atoms with Crippen LogP contribution in [-0.4, -0.2) is 54.7 Å². The highest BCUT2D eigenvalue weighted by molar-refractivity contribution is 6.36. The first-order chi connectivity index (χ1) is 10.9. The van der Waals surface area contributed by atoms with Gasteiger partial charge < -0.3 is 19.9 Å². The standard InChI is InChI=1S/C15H19Cl2N3O3/c1-3-23-15(22)20-6-4-19(5-7-20)14(21)18-11-8-12(16)10(2)13(17)9-11/h8-9H,3-7H2,1-2H3,(H,18,21). The molecule has 1 saturated heterocycles. The molecule has 0 aliphatic carbocycles. The molecule has 1 aromatic carbocycles.